The second-order valence-corrected chi connectivity index (χ2v) is 8.90. The average Bonchev–Trinajstić information content (AvgIpc) is 3.27. The number of rotatable bonds is 7. The van der Waals surface area contributed by atoms with E-state index in [9.17, 15) is 4.79 Å². The summed E-state index contributed by atoms with van der Waals surface area (Å²) in [6.45, 7) is 4.05. The van der Waals surface area contributed by atoms with E-state index in [4.69, 9.17) is 0 Å². The van der Waals surface area contributed by atoms with E-state index in [1.54, 1.807) is 0 Å². The molecule has 1 aliphatic rings. The van der Waals surface area contributed by atoms with Gasteiger partial charge in [0.2, 0.25) is 5.91 Å². The summed E-state index contributed by atoms with van der Waals surface area (Å²) in [6.07, 6.45) is 2.86. The maximum absolute atomic E-state index is 12.4. The first-order chi connectivity index (χ1) is 14.3. The van der Waals surface area contributed by atoms with Gasteiger partial charge in [-0.25, -0.2) is 0 Å². The van der Waals surface area contributed by atoms with Crippen LogP contribution in [0.1, 0.15) is 23.3 Å². The summed E-state index contributed by atoms with van der Waals surface area (Å²) >= 11 is 1.83. The number of carbonyl (C=O) groups excluding carboxylic acids is 1. The molecule has 1 N–H and O–H groups in total. The van der Waals surface area contributed by atoms with E-state index in [0.29, 0.717) is 12.3 Å². The molecule has 3 nitrogen and oxygen atoms in total. The van der Waals surface area contributed by atoms with Crippen LogP contribution in [-0.2, 0) is 17.8 Å². The number of likely N-dealkylation sites (tertiary alicyclic amines) is 1. The molecule has 1 amide bonds. The first-order valence-electron chi connectivity index (χ1n) is 10.4. The van der Waals surface area contributed by atoms with Crippen molar-refractivity contribution in [2.45, 2.75) is 25.8 Å². The van der Waals surface area contributed by atoms with Crippen LogP contribution in [0.5, 0.6) is 0 Å². The maximum atomic E-state index is 12.4. The van der Waals surface area contributed by atoms with Gasteiger partial charge in [0.1, 0.15) is 0 Å². The predicted molar refractivity (Wildman–Crippen MR) is 121 cm³/mol. The molecule has 1 saturated heterocycles. The Morgan fingerprint density at radius 3 is 2.55 bits per heavy atom. The largest absolute Gasteiger partial charge is 0.355 e. The number of amides is 1. The summed E-state index contributed by atoms with van der Waals surface area (Å²) in [5, 5.41) is 5.31. The van der Waals surface area contributed by atoms with Crippen molar-refractivity contribution in [3.8, 4) is 11.1 Å². The molecule has 1 aliphatic heterocycles. The molecule has 0 bridgehead atoms. The lowest BCUT2D eigenvalue weighted by Gasteiger charge is -2.32. The second-order valence-electron chi connectivity index (χ2n) is 7.87. The van der Waals surface area contributed by atoms with Crippen molar-refractivity contribution in [3.05, 3.63) is 82.6 Å². The van der Waals surface area contributed by atoms with Crippen molar-refractivity contribution in [2.24, 2.45) is 5.92 Å². The summed E-state index contributed by atoms with van der Waals surface area (Å²) in [4.78, 5) is 16.4. The molecule has 2 heterocycles. The SMILES string of the molecule is O=C(Cc1ccc(-c2ccccc2)cc1)NCC1CCCN(Cc2cccs2)C1. The third kappa shape index (κ3) is 5.78. The number of hydrogen-bond acceptors (Lipinski definition) is 3. The minimum Gasteiger partial charge on any atom is -0.355 e. The van der Waals surface area contributed by atoms with Gasteiger partial charge in [0.15, 0.2) is 0 Å². The Kier molecular flexibility index (Phi) is 6.75. The van der Waals surface area contributed by atoms with Crippen LogP contribution in [-0.4, -0.2) is 30.4 Å². The average molecular weight is 405 g/mol. The highest BCUT2D eigenvalue weighted by Crippen LogP contribution is 2.21. The highest BCUT2D eigenvalue weighted by Gasteiger charge is 2.20. The Morgan fingerprint density at radius 1 is 1.00 bits per heavy atom. The number of nitrogens with one attached hydrogen (secondary N) is 1. The van der Waals surface area contributed by atoms with E-state index < -0.39 is 0 Å². The summed E-state index contributed by atoms with van der Waals surface area (Å²) in [5.74, 6) is 0.668. The maximum Gasteiger partial charge on any atom is 0.224 e. The van der Waals surface area contributed by atoms with Gasteiger partial charge >= 0.3 is 0 Å². The Morgan fingerprint density at radius 2 is 1.79 bits per heavy atom. The number of piperidine rings is 1. The monoisotopic (exact) mass is 404 g/mol. The lowest BCUT2D eigenvalue weighted by molar-refractivity contribution is -0.120. The van der Waals surface area contributed by atoms with Crippen molar-refractivity contribution in [1.29, 1.82) is 0 Å². The first kappa shape index (κ1) is 19.9. The van der Waals surface area contributed by atoms with Gasteiger partial charge in [-0.3, -0.25) is 9.69 Å². The lowest BCUT2D eigenvalue weighted by atomic mass is 9.97. The summed E-state index contributed by atoms with van der Waals surface area (Å²) in [5.41, 5.74) is 3.45. The van der Waals surface area contributed by atoms with Crippen molar-refractivity contribution in [2.75, 3.05) is 19.6 Å². The van der Waals surface area contributed by atoms with E-state index in [-0.39, 0.29) is 5.91 Å². The molecule has 1 aromatic heterocycles. The first-order valence-corrected chi connectivity index (χ1v) is 11.3. The molecule has 0 spiro atoms. The van der Waals surface area contributed by atoms with Crippen LogP contribution < -0.4 is 5.32 Å². The fourth-order valence-electron chi connectivity index (χ4n) is 4.04. The van der Waals surface area contributed by atoms with Crippen LogP contribution in [0.2, 0.25) is 0 Å². The van der Waals surface area contributed by atoms with Crippen LogP contribution in [0.4, 0.5) is 0 Å². The molecular weight excluding hydrogens is 376 g/mol. The molecule has 2 aromatic carbocycles. The highest BCUT2D eigenvalue weighted by atomic mass is 32.1. The Balaban J connectivity index is 1.23. The normalized spacial score (nSPS) is 17.2. The minimum absolute atomic E-state index is 0.118. The molecular formula is C25H28N2OS. The van der Waals surface area contributed by atoms with Gasteiger partial charge in [-0.1, -0.05) is 60.7 Å². The summed E-state index contributed by atoms with van der Waals surface area (Å²) < 4.78 is 0. The summed E-state index contributed by atoms with van der Waals surface area (Å²) in [7, 11) is 0. The van der Waals surface area contributed by atoms with Crippen molar-refractivity contribution in [1.82, 2.24) is 10.2 Å². The van der Waals surface area contributed by atoms with Crippen LogP contribution >= 0.6 is 11.3 Å². The molecule has 150 valence electrons. The van der Waals surface area contributed by atoms with Crippen LogP contribution in [0.15, 0.2) is 72.1 Å². The van der Waals surface area contributed by atoms with E-state index in [1.165, 1.54) is 28.8 Å². The number of thiophene rings is 1. The van der Waals surface area contributed by atoms with Gasteiger partial charge in [-0.05, 0) is 53.4 Å². The number of nitrogens with zero attached hydrogens (tertiary/aromatic N) is 1. The molecule has 3 aromatic rings. The molecule has 4 rings (SSSR count). The zero-order chi connectivity index (χ0) is 19.9. The molecule has 29 heavy (non-hydrogen) atoms. The Hall–Kier alpha value is -2.43. The zero-order valence-electron chi connectivity index (χ0n) is 16.7. The lowest BCUT2D eigenvalue weighted by Crippen LogP contribution is -2.40. The van der Waals surface area contributed by atoms with Gasteiger partial charge in [0.25, 0.3) is 0 Å². The van der Waals surface area contributed by atoms with E-state index in [2.05, 4.69) is 64.1 Å². The molecule has 0 aliphatic carbocycles. The minimum atomic E-state index is 0.118. The third-order valence-corrected chi connectivity index (χ3v) is 6.44. The van der Waals surface area contributed by atoms with Gasteiger partial charge in [-0.2, -0.15) is 0 Å². The quantitative estimate of drug-likeness (QED) is 0.602. The van der Waals surface area contributed by atoms with Gasteiger partial charge in [0, 0.05) is 24.5 Å². The Bertz CT molecular complexity index is 890. The molecule has 0 saturated carbocycles. The van der Waals surface area contributed by atoms with Gasteiger partial charge in [-0.15, -0.1) is 11.3 Å². The van der Waals surface area contributed by atoms with Crippen LogP contribution in [0.3, 0.4) is 0 Å². The zero-order valence-corrected chi connectivity index (χ0v) is 17.5. The second kappa shape index (κ2) is 9.86. The van der Waals surface area contributed by atoms with Crippen molar-refractivity contribution >= 4 is 17.2 Å². The molecule has 0 radical (unpaired) electrons. The topological polar surface area (TPSA) is 32.3 Å². The third-order valence-electron chi connectivity index (χ3n) is 5.58. The molecule has 1 atom stereocenters. The smallest absolute Gasteiger partial charge is 0.224 e. The molecule has 1 fully saturated rings. The van der Waals surface area contributed by atoms with Crippen molar-refractivity contribution < 1.29 is 4.79 Å². The van der Waals surface area contributed by atoms with E-state index in [1.807, 2.05) is 29.5 Å². The number of benzene rings is 2. The van der Waals surface area contributed by atoms with E-state index >= 15 is 0 Å². The van der Waals surface area contributed by atoms with Crippen LogP contribution in [0.25, 0.3) is 11.1 Å². The number of carbonyl (C=O) groups is 1. The highest BCUT2D eigenvalue weighted by molar-refractivity contribution is 7.09. The fourth-order valence-corrected chi connectivity index (χ4v) is 4.78. The van der Waals surface area contributed by atoms with Crippen molar-refractivity contribution in [3.63, 3.8) is 0 Å². The van der Waals surface area contributed by atoms with Gasteiger partial charge in [0.05, 0.1) is 6.42 Å². The van der Waals surface area contributed by atoms with Crippen LogP contribution in [0, 0.1) is 5.92 Å². The standard InChI is InChI=1S/C25H28N2OS/c28-25(16-20-10-12-23(13-11-20)22-7-2-1-3-8-22)26-17-21-6-4-14-27(18-21)19-24-9-5-15-29-24/h1-3,5,7-13,15,21H,4,6,14,16-19H2,(H,26,28). The Labute approximate surface area is 177 Å². The van der Waals surface area contributed by atoms with E-state index in [0.717, 1.165) is 31.7 Å². The molecule has 1 unspecified atom stereocenters. The molecule has 4 heteroatoms. The predicted octanol–water partition coefficient (Wildman–Crippen LogP) is 4.99. The number of hydrogen-bond donors (Lipinski definition) is 1. The fraction of sp³-hybridized carbons (Fsp3) is 0.320. The van der Waals surface area contributed by atoms with Gasteiger partial charge < -0.3 is 5.32 Å². The summed E-state index contributed by atoms with van der Waals surface area (Å²) in [6, 6.07) is 23.0.